The highest BCUT2D eigenvalue weighted by atomic mass is 16.5. The van der Waals surface area contributed by atoms with Crippen LogP contribution in [0.3, 0.4) is 0 Å². The molecule has 1 aromatic carbocycles. The molecule has 4 nitrogen and oxygen atoms in total. The Morgan fingerprint density at radius 2 is 1.70 bits per heavy atom. The van der Waals surface area contributed by atoms with E-state index < -0.39 is 0 Å². The zero-order valence-corrected chi connectivity index (χ0v) is 14.7. The quantitative estimate of drug-likeness (QED) is 0.681. The largest absolute Gasteiger partial charge is 0.497 e. The van der Waals surface area contributed by atoms with Gasteiger partial charge in [-0.3, -0.25) is 0 Å². The van der Waals surface area contributed by atoms with E-state index in [-0.39, 0.29) is 23.2 Å². The second-order valence-electron chi connectivity index (χ2n) is 7.47. The average Bonchev–Trinajstić information content (AvgIpc) is 2.42. The number of carbonyl (C=O) groups is 1. The summed E-state index contributed by atoms with van der Waals surface area (Å²) in [4.78, 5) is 12.1. The molecule has 0 atom stereocenters. The number of piperidine rings is 1. The number of nitrogens with one attached hydrogen (secondary N) is 1. The van der Waals surface area contributed by atoms with Gasteiger partial charge in [0.2, 0.25) is 0 Å². The summed E-state index contributed by atoms with van der Waals surface area (Å²) in [6.45, 7) is 8.56. The first-order chi connectivity index (χ1) is 10.7. The van der Waals surface area contributed by atoms with E-state index in [9.17, 15) is 4.79 Å². The van der Waals surface area contributed by atoms with Gasteiger partial charge < -0.3 is 14.8 Å². The number of hydrogen-bond donors (Lipinski definition) is 1. The van der Waals surface area contributed by atoms with Crippen LogP contribution in [0, 0.1) is 0 Å². The number of benzene rings is 1. The van der Waals surface area contributed by atoms with Crippen LogP contribution in [0.25, 0.3) is 6.08 Å². The van der Waals surface area contributed by atoms with Crippen LogP contribution in [0.1, 0.15) is 46.1 Å². The molecule has 1 heterocycles. The second kappa shape index (κ2) is 6.75. The molecule has 1 aromatic rings. The molecule has 0 unspecified atom stereocenters. The molecule has 0 bridgehead atoms. The third kappa shape index (κ3) is 5.39. The minimum Gasteiger partial charge on any atom is -0.497 e. The van der Waals surface area contributed by atoms with Gasteiger partial charge in [-0.05, 0) is 51.5 Å². The van der Waals surface area contributed by atoms with Crippen LogP contribution >= 0.6 is 0 Å². The number of carbonyl (C=O) groups excluding carboxylic acids is 1. The summed E-state index contributed by atoms with van der Waals surface area (Å²) in [6.07, 6.45) is 4.83. The summed E-state index contributed by atoms with van der Waals surface area (Å²) in [7, 11) is 1.63. The topological polar surface area (TPSA) is 47.6 Å². The number of rotatable bonds is 4. The molecular weight excluding hydrogens is 290 g/mol. The Morgan fingerprint density at radius 3 is 2.22 bits per heavy atom. The van der Waals surface area contributed by atoms with E-state index in [2.05, 4.69) is 33.0 Å². The number of ether oxygens (including phenoxy) is 2. The first kappa shape index (κ1) is 17.5. The summed E-state index contributed by atoms with van der Waals surface area (Å²) in [5.41, 5.74) is 0.868. The molecule has 1 N–H and O–H groups in total. The van der Waals surface area contributed by atoms with Crippen molar-refractivity contribution < 1.29 is 14.3 Å². The maximum absolute atomic E-state index is 12.1. The van der Waals surface area contributed by atoms with Gasteiger partial charge in [-0.2, -0.15) is 0 Å². The molecule has 0 aromatic heterocycles. The molecule has 0 radical (unpaired) electrons. The average molecular weight is 317 g/mol. The van der Waals surface area contributed by atoms with E-state index in [1.54, 1.807) is 13.2 Å². The van der Waals surface area contributed by atoms with Gasteiger partial charge in [0.1, 0.15) is 11.9 Å². The SMILES string of the molecule is COc1ccc(/C=C/C(=O)OC2CC(C)(C)NC(C)(C)C2)cc1. The zero-order valence-electron chi connectivity index (χ0n) is 14.7. The molecule has 0 spiro atoms. The lowest BCUT2D eigenvalue weighted by molar-refractivity contribution is -0.146. The van der Waals surface area contributed by atoms with Crippen molar-refractivity contribution in [2.75, 3.05) is 7.11 Å². The van der Waals surface area contributed by atoms with Gasteiger partial charge in [-0.25, -0.2) is 4.79 Å². The number of hydrogen-bond acceptors (Lipinski definition) is 4. The molecule has 126 valence electrons. The molecule has 1 aliphatic rings. The fourth-order valence-electron chi connectivity index (χ4n) is 3.39. The van der Waals surface area contributed by atoms with Crippen LogP contribution < -0.4 is 10.1 Å². The first-order valence-corrected chi connectivity index (χ1v) is 8.01. The van der Waals surface area contributed by atoms with E-state index in [1.807, 2.05) is 24.3 Å². The molecule has 4 heteroatoms. The Hall–Kier alpha value is -1.81. The summed E-state index contributed by atoms with van der Waals surface area (Å²) in [5, 5.41) is 3.58. The maximum Gasteiger partial charge on any atom is 0.331 e. The Bertz CT molecular complexity index is 557. The molecule has 0 amide bonds. The first-order valence-electron chi connectivity index (χ1n) is 8.01. The predicted molar refractivity (Wildman–Crippen MR) is 92.4 cm³/mol. The Balaban J connectivity index is 1.94. The van der Waals surface area contributed by atoms with Crippen molar-refractivity contribution in [3.8, 4) is 5.75 Å². The van der Waals surface area contributed by atoms with Crippen LogP contribution in [0.4, 0.5) is 0 Å². The van der Waals surface area contributed by atoms with Crippen molar-refractivity contribution in [2.24, 2.45) is 0 Å². The number of esters is 1. The van der Waals surface area contributed by atoms with E-state index >= 15 is 0 Å². The van der Waals surface area contributed by atoms with E-state index in [0.29, 0.717) is 0 Å². The van der Waals surface area contributed by atoms with Gasteiger partial charge in [0.15, 0.2) is 0 Å². The summed E-state index contributed by atoms with van der Waals surface area (Å²) in [5.74, 6) is 0.503. The minimum absolute atomic E-state index is 0.0353. The van der Waals surface area contributed by atoms with Crippen LogP contribution in [0.2, 0.25) is 0 Å². The van der Waals surface area contributed by atoms with Gasteiger partial charge in [0, 0.05) is 30.0 Å². The van der Waals surface area contributed by atoms with Crippen molar-refractivity contribution in [3.05, 3.63) is 35.9 Å². The summed E-state index contributed by atoms with van der Waals surface area (Å²) < 4.78 is 10.8. The van der Waals surface area contributed by atoms with E-state index in [1.165, 1.54) is 6.08 Å². The molecular formula is C19H27NO3. The molecule has 1 fully saturated rings. The maximum atomic E-state index is 12.1. The Morgan fingerprint density at radius 1 is 1.13 bits per heavy atom. The minimum atomic E-state index is -0.292. The zero-order chi connectivity index (χ0) is 17.1. The molecule has 2 rings (SSSR count). The summed E-state index contributed by atoms with van der Waals surface area (Å²) in [6, 6.07) is 7.53. The van der Waals surface area contributed by atoms with Crippen molar-refractivity contribution in [1.29, 1.82) is 0 Å². The van der Waals surface area contributed by atoms with Crippen LogP contribution in [0.5, 0.6) is 5.75 Å². The Kier molecular flexibility index (Phi) is 5.15. The fourth-order valence-corrected chi connectivity index (χ4v) is 3.39. The normalized spacial score (nSPS) is 20.4. The van der Waals surface area contributed by atoms with Gasteiger partial charge in [-0.1, -0.05) is 12.1 Å². The van der Waals surface area contributed by atoms with Crippen LogP contribution in [-0.2, 0) is 9.53 Å². The van der Waals surface area contributed by atoms with E-state index in [0.717, 1.165) is 24.2 Å². The smallest absolute Gasteiger partial charge is 0.331 e. The Labute approximate surface area is 138 Å². The number of methoxy groups -OCH3 is 1. The van der Waals surface area contributed by atoms with Crippen molar-refractivity contribution in [3.63, 3.8) is 0 Å². The molecule has 0 saturated carbocycles. The fraction of sp³-hybridized carbons (Fsp3) is 0.526. The highest BCUT2D eigenvalue weighted by Gasteiger charge is 2.39. The molecule has 1 saturated heterocycles. The highest BCUT2D eigenvalue weighted by Crippen LogP contribution is 2.30. The lowest BCUT2D eigenvalue weighted by Crippen LogP contribution is -2.59. The lowest BCUT2D eigenvalue weighted by atomic mass is 9.81. The third-order valence-electron chi connectivity index (χ3n) is 3.96. The van der Waals surface area contributed by atoms with Gasteiger partial charge in [0.25, 0.3) is 0 Å². The third-order valence-corrected chi connectivity index (χ3v) is 3.96. The van der Waals surface area contributed by atoms with Crippen molar-refractivity contribution in [2.45, 2.75) is 57.7 Å². The standard InChI is InChI=1S/C19H27NO3/c1-18(2)12-16(13-19(3,4)20-18)23-17(21)11-8-14-6-9-15(22-5)10-7-14/h6-11,16,20H,12-13H2,1-5H3/b11-8+. The monoisotopic (exact) mass is 317 g/mol. The second-order valence-corrected chi connectivity index (χ2v) is 7.47. The van der Waals surface area contributed by atoms with Gasteiger partial charge >= 0.3 is 5.97 Å². The molecule has 0 aliphatic carbocycles. The lowest BCUT2D eigenvalue weighted by Gasteiger charge is -2.45. The van der Waals surface area contributed by atoms with Crippen molar-refractivity contribution >= 4 is 12.0 Å². The van der Waals surface area contributed by atoms with Crippen LogP contribution in [-0.4, -0.2) is 30.3 Å². The predicted octanol–water partition coefficient (Wildman–Crippen LogP) is 3.56. The summed E-state index contributed by atoms with van der Waals surface area (Å²) >= 11 is 0. The van der Waals surface area contributed by atoms with E-state index in [4.69, 9.17) is 9.47 Å². The highest BCUT2D eigenvalue weighted by molar-refractivity contribution is 5.87. The van der Waals surface area contributed by atoms with Crippen LogP contribution in [0.15, 0.2) is 30.3 Å². The van der Waals surface area contributed by atoms with Crippen molar-refractivity contribution in [1.82, 2.24) is 5.32 Å². The van der Waals surface area contributed by atoms with Gasteiger partial charge in [-0.15, -0.1) is 0 Å². The molecule has 23 heavy (non-hydrogen) atoms. The van der Waals surface area contributed by atoms with Gasteiger partial charge in [0.05, 0.1) is 7.11 Å². The molecule has 1 aliphatic heterocycles.